The van der Waals surface area contributed by atoms with Gasteiger partial charge in [0, 0.05) is 32.1 Å². The highest BCUT2D eigenvalue weighted by Gasteiger charge is 2.32. The number of piperidine rings is 1. The van der Waals surface area contributed by atoms with Crippen LogP contribution in [0.2, 0.25) is 0 Å². The summed E-state index contributed by atoms with van der Waals surface area (Å²) >= 11 is 0. The molecule has 1 N–H and O–H groups in total. The lowest BCUT2D eigenvalue weighted by Gasteiger charge is -2.30. The van der Waals surface area contributed by atoms with E-state index in [-0.39, 0.29) is 16.7 Å². The van der Waals surface area contributed by atoms with Crippen LogP contribution in [-0.2, 0) is 27.9 Å². The van der Waals surface area contributed by atoms with Crippen molar-refractivity contribution in [1.29, 1.82) is 5.26 Å². The summed E-state index contributed by atoms with van der Waals surface area (Å²) in [6.07, 6.45) is 0.978. The van der Waals surface area contributed by atoms with E-state index in [0.29, 0.717) is 38.0 Å². The molecule has 1 amide bonds. The number of carbonyl (C=O) groups excluding carboxylic acids is 1. The lowest BCUT2D eigenvalue weighted by atomic mass is 9.97. The zero-order valence-corrected chi connectivity index (χ0v) is 18.7. The van der Waals surface area contributed by atoms with Gasteiger partial charge in [-0.15, -0.1) is 0 Å². The van der Waals surface area contributed by atoms with E-state index in [9.17, 15) is 13.2 Å². The highest BCUT2D eigenvalue weighted by atomic mass is 32.2. The molecule has 0 bridgehead atoms. The van der Waals surface area contributed by atoms with Gasteiger partial charge < -0.3 is 10.2 Å². The van der Waals surface area contributed by atoms with Crippen molar-refractivity contribution in [3.05, 3.63) is 65.2 Å². The number of sulfonamides is 1. The quantitative estimate of drug-likeness (QED) is 0.713. The Morgan fingerprint density at radius 3 is 2.19 bits per heavy atom. The first kappa shape index (κ1) is 22.9. The standard InChI is InChI=1S/C23H28N4O3S/c1-26(2)17-20-5-3-19(4-6-20)16-25-23(28)21-11-13-27(14-12-21)31(29,30)22-9-7-18(15-24)8-10-22/h3-10,21H,11-14,16-17H2,1-2H3,(H,25,28). The largest absolute Gasteiger partial charge is 0.352 e. The minimum Gasteiger partial charge on any atom is -0.352 e. The second kappa shape index (κ2) is 10.1. The summed E-state index contributed by atoms with van der Waals surface area (Å²) in [5, 5.41) is 11.9. The molecule has 0 unspecified atom stereocenters. The maximum Gasteiger partial charge on any atom is 0.243 e. The molecule has 7 nitrogen and oxygen atoms in total. The van der Waals surface area contributed by atoms with Gasteiger partial charge in [-0.1, -0.05) is 24.3 Å². The average molecular weight is 441 g/mol. The van der Waals surface area contributed by atoms with Crippen molar-refractivity contribution in [3.63, 3.8) is 0 Å². The fraction of sp³-hybridized carbons (Fsp3) is 0.391. The molecule has 2 aromatic carbocycles. The van der Waals surface area contributed by atoms with Gasteiger partial charge in [-0.25, -0.2) is 8.42 Å². The molecule has 1 heterocycles. The van der Waals surface area contributed by atoms with E-state index >= 15 is 0 Å². The third-order valence-corrected chi connectivity index (χ3v) is 7.35. The van der Waals surface area contributed by atoms with Crippen molar-refractivity contribution < 1.29 is 13.2 Å². The first-order valence-corrected chi connectivity index (χ1v) is 11.7. The van der Waals surface area contributed by atoms with Crippen LogP contribution in [0.5, 0.6) is 0 Å². The number of nitriles is 1. The molecule has 164 valence electrons. The van der Waals surface area contributed by atoms with Gasteiger partial charge in [0.15, 0.2) is 0 Å². The zero-order valence-electron chi connectivity index (χ0n) is 17.9. The van der Waals surface area contributed by atoms with Crippen molar-refractivity contribution in [3.8, 4) is 6.07 Å². The molecule has 1 fully saturated rings. The summed E-state index contributed by atoms with van der Waals surface area (Å²) < 4.78 is 27.0. The lowest BCUT2D eigenvalue weighted by molar-refractivity contribution is -0.126. The Kier molecular flexibility index (Phi) is 7.44. The Balaban J connectivity index is 1.50. The fourth-order valence-corrected chi connectivity index (χ4v) is 5.14. The summed E-state index contributed by atoms with van der Waals surface area (Å²) in [6, 6.07) is 16.1. The number of carbonyl (C=O) groups is 1. The molecule has 0 radical (unpaired) electrons. The minimum absolute atomic E-state index is 0.0345. The molecule has 1 aliphatic rings. The Hall–Kier alpha value is -2.73. The SMILES string of the molecule is CN(C)Cc1ccc(CNC(=O)C2CCN(S(=O)(=O)c3ccc(C#N)cc3)CC2)cc1. The predicted octanol–water partition coefficient (Wildman–Crippen LogP) is 2.34. The first-order chi connectivity index (χ1) is 14.8. The van der Waals surface area contributed by atoms with Crippen molar-refractivity contribution in [1.82, 2.24) is 14.5 Å². The molecule has 31 heavy (non-hydrogen) atoms. The molecule has 0 saturated carbocycles. The van der Waals surface area contributed by atoms with Crippen LogP contribution in [0.4, 0.5) is 0 Å². The van der Waals surface area contributed by atoms with Gasteiger partial charge in [0.1, 0.15) is 0 Å². The van der Waals surface area contributed by atoms with Crippen molar-refractivity contribution in [2.75, 3.05) is 27.2 Å². The minimum atomic E-state index is -3.62. The number of rotatable bonds is 7. The van der Waals surface area contributed by atoms with Gasteiger partial charge in [-0.2, -0.15) is 9.57 Å². The molecule has 1 aliphatic heterocycles. The monoisotopic (exact) mass is 440 g/mol. The Morgan fingerprint density at radius 1 is 1.06 bits per heavy atom. The molecule has 0 spiro atoms. The summed E-state index contributed by atoms with van der Waals surface area (Å²) in [6.45, 7) is 1.95. The van der Waals surface area contributed by atoms with Crippen LogP contribution in [0.15, 0.2) is 53.4 Å². The first-order valence-electron chi connectivity index (χ1n) is 10.3. The zero-order chi connectivity index (χ0) is 22.4. The number of benzene rings is 2. The second-order valence-corrected chi connectivity index (χ2v) is 10.0. The van der Waals surface area contributed by atoms with Gasteiger partial charge in [0.05, 0.1) is 16.5 Å². The summed E-state index contributed by atoms with van der Waals surface area (Å²) in [4.78, 5) is 14.8. The van der Waals surface area contributed by atoms with Crippen LogP contribution in [0.3, 0.4) is 0 Å². The highest BCUT2D eigenvalue weighted by molar-refractivity contribution is 7.89. The molecule has 0 aromatic heterocycles. The Labute approximate surface area is 184 Å². The topological polar surface area (TPSA) is 93.5 Å². The Bertz CT molecular complexity index is 1030. The van der Waals surface area contributed by atoms with Crippen LogP contribution in [0.1, 0.15) is 29.5 Å². The number of hydrogen-bond donors (Lipinski definition) is 1. The van der Waals surface area contributed by atoms with Gasteiger partial charge in [-0.3, -0.25) is 4.79 Å². The number of nitrogens with one attached hydrogen (secondary N) is 1. The van der Waals surface area contributed by atoms with Gasteiger partial charge >= 0.3 is 0 Å². The fourth-order valence-electron chi connectivity index (χ4n) is 3.67. The third kappa shape index (κ3) is 5.91. The maximum absolute atomic E-state index is 12.8. The van der Waals surface area contributed by atoms with E-state index in [1.54, 1.807) is 0 Å². The van der Waals surface area contributed by atoms with Crippen LogP contribution >= 0.6 is 0 Å². The van der Waals surface area contributed by atoms with Crippen LogP contribution in [-0.4, -0.2) is 50.7 Å². The summed E-state index contributed by atoms with van der Waals surface area (Å²) in [5.74, 6) is -0.229. The maximum atomic E-state index is 12.8. The molecular formula is C23H28N4O3S. The van der Waals surface area contributed by atoms with Crippen LogP contribution in [0.25, 0.3) is 0 Å². The summed E-state index contributed by atoms with van der Waals surface area (Å²) in [5.41, 5.74) is 2.68. The van der Waals surface area contributed by atoms with E-state index < -0.39 is 10.0 Å². The van der Waals surface area contributed by atoms with E-state index in [0.717, 1.165) is 12.1 Å². The van der Waals surface area contributed by atoms with Crippen molar-refractivity contribution >= 4 is 15.9 Å². The molecule has 1 saturated heterocycles. The molecule has 2 aromatic rings. The summed E-state index contributed by atoms with van der Waals surface area (Å²) in [7, 11) is 0.430. The predicted molar refractivity (Wildman–Crippen MR) is 118 cm³/mol. The van der Waals surface area contributed by atoms with Crippen molar-refractivity contribution in [2.24, 2.45) is 5.92 Å². The van der Waals surface area contributed by atoms with Gasteiger partial charge in [0.25, 0.3) is 0 Å². The van der Waals surface area contributed by atoms with Crippen LogP contribution < -0.4 is 5.32 Å². The van der Waals surface area contributed by atoms with E-state index in [1.165, 1.54) is 34.1 Å². The van der Waals surface area contributed by atoms with Crippen LogP contribution in [0, 0.1) is 17.2 Å². The Morgan fingerprint density at radius 2 is 1.65 bits per heavy atom. The smallest absolute Gasteiger partial charge is 0.243 e. The lowest BCUT2D eigenvalue weighted by Crippen LogP contribution is -2.42. The average Bonchev–Trinajstić information content (AvgIpc) is 2.78. The van der Waals surface area contributed by atoms with E-state index in [4.69, 9.17) is 5.26 Å². The number of nitrogens with zero attached hydrogens (tertiary/aromatic N) is 3. The van der Waals surface area contributed by atoms with Crippen molar-refractivity contribution in [2.45, 2.75) is 30.8 Å². The number of hydrogen-bond acceptors (Lipinski definition) is 5. The normalized spacial score (nSPS) is 15.5. The van der Waals surface area contributed by atoms with Gasteiger partial charge in [0.2, 0.25) is 15.9 Å². The molecular weight excluding hydrogens is 412 g/mol. The second-order valence-electron chi connectivity index (χ2n) is 8.09. The van der Waals surface area contributed by atoms with Gasteiger partial charge in [-0.05, 0) is 62.3 Å². The van der Waals surface area contributed by atoms with E-state index in [2.05, 4.69) is 22.3 Å². The number of amides is 1. The third-order valence-electron chi connectivity index (χ3n) is 5.43. The molecule has 0 atom stereocenters. The molecule has 8 heteroatoms. The molecule has 3 rings (SSSR count). The van der Waals surface area contributed by atoms with E-state index in [1.807, 2.05) is 32.3 Å². The molecule has 0 aliphatic carbocycles. The highest BCUT2D eigenvalue weighted by Crippen LogP contribution is 2.24.